The van der Waals surface area contributed by atoms with Crippen LogP contribution in [-0.4, -0.2) is 0 Å². The minimum Gasteiger partial charge on any atom is -0.0840 e. The van der Waals surface area contributed by atoms with Gasteiger partial charge in [-0.25, -0.2) is 0 Å². The topological polar surface area (TPSA) is 0 Å². The van der Waals surface area contributed by atoms with E-state index < -0.39 is 0 Å². The third-order valence-electron chi connectivity index (χ3n) is 1.74. The molecule has 1 rings (SSSR count). The zero-order valence-electron chi connectivity index (χ0n) is 7.49. The van der Waals surface area contributed by atoms with Crippen molar-refractivity contribution in [2.75, 3.05) is 0 Å². The molecule has 66 valence electrons. The lowest BCUT2D eigenvalue weighted by Crippen LogP contribution is -2.11. The summed E-state index contributed by atoms with van der Waals surface area (Å²) in [5, 5.41) is 0.830. The predicted octanol–water partition coefficient (Wildman–Crippen LogP) is 4.40. The van der Waals surface area contributed by atoms with Crippen molar-refractivity contribution in [3.8, 4) is 0 Å². The standard InChI is InChI=1S/C10H12BrCl/c1-10(2,3)8-5-4-7(11)6-9(8)12/h4-6H,1-3H3. The van der Waals surface area contributed by atoms with Crippen LogP contribution in [-0.2, 0) is 5.41 Å². The van der Waals surface area contributed by atoms with E-state index >= 15 is 0 Å². The van der Waals surface area contributed by atoms with Gasteiger partial charge in [0.1, 0.15) is 0 Å². The van der Waals surface area contributed by atoms with E-state index in [4.69, 9.17) is 11.6 Å². The summed E-state index contributed by atoms with van der Waals surface area (Å²) in [5.74, 6) is 0. The van der Waals surface area contributed by atoms with Gasteiger partial charge in [-0.2, -0.15) is 0 Å². The summed E-state index contributed by atoms with van der Waals surface area (Å²) in [5.41, 5.74) is 1.31. The van der Waals surface area contributed by atoms with E-state index in [2.05, 4.69) is 42.8 Å². The van der Waals surface area contributed by atoms with Gasteiger partial charge in [0.25, 0.3) is 0 Å². The second kappa shape index (κ2) is 3.39. The highest BCUT2D eigenvalue weighted by atomic mass is 79.9. The summed E-state index contributed by atoms with van der Waals surface area (Å²) >= 11 is 9.46. The molecule has 0 aliphatic rings. The van der Waals surface area contributed by atoms with Gasteiger partial charge in [0.05, 0.1) is 0 Å². The van der Waals surface area contributed by atoms with Crippen LogP contribution in [0, 0.1) is 0 Å². The first-order valence-corrected chi connectivity index (χ1v) is 5.04. The Balaban J connectivity index is 3.19. The molecule has 0 nitrogen and oxygen atoms in total. The van der Waals surface area contributed by atoms with Crippen LogP contribution in [0.15, 0.2) is 22.7 Å². The Morgan fingerprint density at radius 1 is 1.25 bits per heavy atom. The van der Waals surface area contributed by atoms with Crippen LogP contribution >= 0.6 is 27.5 Å². The highest BCUT2D eigenvalue weighted by Crippen LogP contribution is 2.31. The van der Waals surface area contributed by atoms with Crippen LogP contribution in [0.1, 0.15) is 26.3 Å². The molecule has 0 spiro atoms. The van der Waals surface area contributed by atoms with Gasteiger partial charge >= 0.3 is 0 Å². The lowest BCUT2D eigenvalue weighted by atomic mass is 9.87. The fourth-order valence-corrected chi connectivity index (χ4v) is 2.05. The molecule has 0 radical (unpaired) electrons. The highest BCUT2D eigenvalue weighted by molar-refractivity contribution is 9.10. The lowest BCUT2D eigenvalue weighted by Gasteiger charge is -2.20. The number of halogens is 2. The molecule has 0 amide bonds. The van der Waals surface area contributed by atoms with Crippen LogP contribution in [0.5, 0.6) is 0 Å². The fraction of sp³-hybridized carbons (Fsp3) is 0.400. The average Bonchev–Trinajstić information content (AvgIpc) is 1.83. The largest absolute Gasteiger partial charge is 0.0840 e. The van der Waals surface area contributed by atoms with Crippen LogP contribution < -0.4 is 0 Å². The lowest BCUT2D eigenvalue weighted by molar-refractivity contribution is 0.590. The SMILES string of the molecule is CC(C)(C)c1ccc(Br)cc1Cl. The molecule has 1 aromatic carbocycles. The van der Waals surface area contributed by atoms with Gasteiger partial charge in [0, 0.05) is 9.50 Å². The third-order valence-corrected chi connectivity index (χ3v) is 2.55. The van der Waals surface area contributed by atoms with Crippen molar-refractivity contribution in [1.82, 2.24) is 0 Å². The van der Waals surface area contributed by atoms with Gasteiger partial charge in [-0.3, -0.25) is 0 Å². The Kier molecular flexibility index (Phi) is 2.84. The molecular formula is C10H12BrCl. The van der Waals surface area contributed by atoms with E-state index in [0.717, 1.165) is 9.50 Å². The molecule has 0 aliphatic carbocycles. The van der Waals surface area contributed by atoms with E-state index in [1.165, 1.54) is 5.56 Å². The Morgan fingerprint density at radius 3 is 2.25 bits per heavy atom. The van der Waals surface area contributed by atoms with E-state index in [9.17, 15) is 0 Å². The molecule has 0 saturated heterocycles. The van der Waals surface area contributed by atoms with Crippen LogP contribution in [0.25, 0.3) is 0 Å². The maximum atomic E-state index is 6.08. The molecule has 0 aliphatic heterocycles. The maximum Gasteiger partial charge on any atom is 0.0454 e. The molecule has 0 aromatic heterocycles. The summed E-state index contributed by atoms with van der Waals surface area (Å²) in [4.78, 5) is 0. The molecule has 0 atom stereocenters. The van der Waals surface area contributed by atoms with Crippen molar-refractivity contribution >= 4 is 27.5 Å². The van der Waals surface area contributed by atoms with Gasteiger partial charge < -0.3 is 0 Å². The quantitative estimate of drug-likeness (QED) is 0.637. The molecule has 2 heteroatoms. The normalized spacial score (nSPS) is 11.8. The van der Waals surface area contributed by atoms with Crippen LogP contribution in [0.4, 0.5) is 0 Å². The summed E-state index contributed by atoms with van der Waals surface area (Å²) in [7, 11) is 0. The van der Waals surface area contributed by atoms with E-state index in [-0.39, 0.29) is 5.41 Å². The van der Waals surface area contributed by atoms with E-state index in [0.29, 0.717) is 0 Å². The van der Waals surface area contributed by atoms with Crippen molar-refractivity contribution in [3.05, 3.63) is 33.3 Å². The first-order valence-electron chi connectivity index (χ1n) is 3.87. The number of hydrogen-bond acceptors (Lipinski definition) is 0. The van der Waals surface area contributed by atoms with Gasteiger partial charge in [0.15, 0.2) is 0 Å². The molecule has 12 heavy (non-hydrogen) atoms. The monoisotopic (exact) mass is 246 g/mol. The summed E-state index contributed by atoms with van der Waals surface area (Å²) in [6, 6.07) is 6.01. The van der Waals surface area contributed by atoms with E-state index in [1.54, 1.807) is 0 Å². The average molecular weight is 248 g/mol. The van der Waals surface area contributed by atoms with Gasteiger partial charge in [0.2, 0.25) is 0 Å². The van der Waals surface area contributed by atoms with Crippen molar-refractivity contribution in [3.63, 3.8) is 0 Å². The van der Waals surface area contributed by atoms with Gasteiger partial charge in [-0.05, 0) is 23.1 Å². The Bertz CT molecular complexity index is 286. The Labute approximate surface area is 87.1 Å². The van der Waals surface area contributed by atoms with Crippen LogP contribution in [0.2, 0.25) is 5.02 Å². The third kappa shape index (κ3) is 2.24. The summed E-state index contributed by atoms with van der Waals surface area (Å²) in [6.07, 6.45) is 0. The fourth-order valence-electron chi connectivity index (χ4n) is 1.10. The van der Waals surface area contributed by atoms with Gasteiger partial charge in [-0.15, -0.1) is 0 Å². The molecular weight excluding hydrogens is 235 g/mol. The molecule has 1 aromatic rings. The number of benzene rings is 1. The molecule has 0 unspecified atom stereocenters. The molecule has 0 bridgehead atoms. The van der Waals surface area contributed by atoms with Crippen molar-refractivity contribution in [2.45, 2.75) is 26.2 Å². The number of hydrogen-bond donors (Lipinski definition) is 0. The first kappa shape index (κ1) is 10.1. The Morgan fingerprint density at radius 2 is 1.83 bits per heavy atom. The van der Waals surface area contributed by atoms with E-state index in [1.807, 2.05) is 12.1 Å². The maximum absolute atomic E-state index is 6.08. The molecule has 0 N–H and O–H groups in total. The zero-order valence-corrected chi connectivity index (χ0v) is 9.83. The smallest absolute Gasteiger partial charge is 0.0454 e. The van der Waals surface area contributed by atoms with Crippen molar-refractivity contribution in [2.24, 2.45) is 0 Å². The highest BCUT2D eigenvalue weighted by Gasteiger charge is 2.16. The Hall–Kier alpha value is -0.0100. The summed E-state index contributed by atoms with van der Waals surface area (Å²) < 4.78 is 1.03. The summed E-state index contributed by atoms with van der Waals surface area (Å²) in [6.45, 7) is 6.46. The predicted molar refractivity (Wildman–Crippen MR) is 57.9 cm³/mol. The number of rotatable bonds is 0. The van der Waals surface area contributed by atoms with Crippen molar-refractivity contribution in [1.29, 1.82) is 0 Å². The minimum atomic E-state index is 0.123. The molecule has 0 heterocycles. The second-order valence-electron chi connectivity index (χ2n) is 3.87. The molecule has 0 saturated carbocycles. The van der Waals surface area contributed by atoms with Gasteiger partial charge in [-0.1, -0.05) is 54.4 Å². The minimum absolute atomic E-state index is 0.123. The molecule has 0 fully saturated rings. The van der Waals surface area contributed by atoms with Crippen LogP contribution in [0.3, 0.4) is 0 Å². The second-order valence-corrected chi connectivity index (χ2v) is 5.20. The zero-order chi connectivity index (χ0) is 9.35. The van der Waals surface area contributed by atoms with Crippen molar-refractivity contribution < 1.29 is 0 Å². The first-order chi connectivity index (χ1) is 5.41.